The zero-order valence-electron chi connectivity index (χ0n) is 12.4. The van der Waals surface area contributed by atoms with Gasteiger partial charge in [0.15, 0.2) is 15.7 Å². The summed E-state index contributed by atoms with van der Waals surface area (Å²) in [5.41, 5.74) is 0.645. The summed E-state index contributed by atoms with van der Waals surface area (Å²) in [5.74, 6) is 1.38. The van der Waals surface area contributed by atoms with Crippen LogP contribution in [0.5, 0.6) is 5.75 Å². The molecule has 0 bridgehead atoms. The summed E-state index contributed by atoms with van der Waals surface area (Å²) >= 11 is 0. The minimum absolute atomic E-state index is 0.107. The molecule has 22 heavy (non-hydrogen) atoms. The third kappa shape index (κ3) is 3.65. The van der Waals surface area contributed by atoms with Crippen molar-refractivity contribution in [3.8, 4) is 5.75 Å². The van der Waals surface area contributed by atoms with E-state index in [2.05, 4.69) is 10.1 Å². The van der Waals surface area contributed by atoms with E-state index in [1.165, 1.54) is 0 Å². The van der Waals surface area contributed by atoms with E-state index in [1.807, 2.05) is 13.0 Å². The highest BCUT2D eigenvalue weighted by atomic mass is 32.2. The van der Waals surface area contributed by atoms with Gasteiger partial charge in [-0.1, -0.05) is 23.4 Å². The Labute approximate surface area is 129 Å². The van der Waals surface area contributed by atoms with E-state index in [0.29, 0.717) is 29.7 Å². The smallest absolute Gasteiger partial charge is 0.241 e. The number of hydrogen-bond donors (Lipinski definition) is 0. The second-order valence-electron chi connectivity index (χ2n) is 5.39. The summed E-state index contributed by atoms with van der Waals surface area (Å²) in [7, 11) is -3.40. The summed E-state index contributed by atoms with van der Waals surface area (Å²) in [6.07, 6.45) is 2.10. The number of benzene rings is 1. The molecule has 1 fully saturated rings. The third-order valence-corrected chi connectivity index (χ3v) is 4.86. The van der Waals surface area contributed by atoms with Crippen LogP contribution in [0.2, 0.25) is 0 Å². The lowest BCUT2D eigenvalue weighted by Gasteiger charge is -2.09. The molecule has 3 rings (SSSR count). The van der Waals surface area contributed by atoms with Crippen molar-refractivity contribution in [2.45, 2.75) is 37.2 Å². The number of para-hydroxylation sites is 1. The first kappa shape index (κ1) is 15.0. The molecule has 1 aliphatic carbocycles. The van der Waals surface area contributed by atoms with E-state index in [1.54, 1.807) is 18.2 Å². The molecular formula is C15H18N2O4S. The number of sulfone groups is 1. The van der Waals surface area contributed by atoms with Crippen LogP contribution in [0.4, 0.5) is 0 Å². The summed E-state index contributed by atoms with van der Waals surface area (Å²) in [4.78, 5) is 4.17. The van der Waals surface area contributed by atoms with Crippen LogP contribution in [-0.2, 0) is 21.3 Å². The highest BCUT2D eigenvalue weighted by molar-refractivity contribution is 7.89. The molecule has 0 spiro atoms. The monoisotopic (exact) mass is 322 g/mol. The van der Waals surface area contributed by atoms with E-state index in [-0.39, 0.29) is 17.4 Å². The topological polar surface area (TPSA) is 82.3 Å². The summed E-state index contributed by atoms with van der Waals surface area (Å²) in [6.45, 7) is 2.36. The molecule has 118 valence electrons. The molecule has 0 radical (unpaired) electrons. The van der Waals surface area contributed by atoms with Crippen LogP contribution in [0, 0.1) is 0 Å². The lowest BCUT2D eigenvalue weighted by Crippen LogP contribution is -2.09. The molecule has 1 aliphatic rings. The van der Waals surface area contributed by atoms with Gasteiger partial charge in [-0.3, -0.25) is 0 Å². The first-order valence-electron chi connectivity index (χ1n) is 7.31. The molecule has 0 saturated heterocycles. The molecule has 0 atom stereocenters. The Bertz CT molecular complexity index is 750. The molecule has 0 amide bonds. The number of hydrogen-bond acceptors (Lipinski definition) is 6. The standard InChI is InChI=1S/C15H18N2O4S/c1-2-20-13-6-4-3-5-12(13)9-22(18,19)10-14-16-15(17-21-14)11-7-8-11/h3-6,11H,2,7-10H2,1H3. The van der Waals surface area contributed by atoms with Crippen LogP contribution >= 0.6 is 0 Å². The Morgan fingerprint density at radius 3 is 2.77 bits per heavy atom. The normalized spacial score (nSPS) is 15.0. The number of aromatic nitrogens is 2. The van der Waals surface area contributed by atoms with E-state index < -0.39 is 9.84 Å². The third-order valence-electron chi connectivity index (χ3n) is 3.42. The van der Waals surface area contributed by atoms with Crippen molar-refractivity contribution < 1.29 is 17.7 Å². The van der Waals surface area contributed by atoms with Gasteiger partial charge in [-0.2, -0.15) is 4.98 Å². The Balaban J connectivity index is 1.72. The predicted octanol–water partition coefficient (Wildman–Crippen LogP) is 2.46. The molecule has 0 unspecified atom stereocenters. The van der Waals surface area contributed by atoms with Crippen LogP contribution < -0.4 is 4.74 Å². The first-order chi connectivity index (χ1) is 10.6. The van der Waals surface area contributed by atoms with Gasteiger partial charge in [-0.15, -0.1) is 0 Å². The van der Waals surface area contributed by atoms with Crippen molar-refractivity contribution in [1.82, 2.24) is 10.1 Å². The van der Waals surface area contributed by atoms with Crippen molar-refractivity contribution in [3.05, 3.63) is 41.5 Å². The Hall–Kier alpha value is -1.89. The molecule has 7 heteroatoms. The highest BCUT2D eigenvalue weighted by Crippen LogP contribution is 2.38. The molecule has 6 nitrogen and oxygen atoms in total. The number of ether oxygens (including phenoxy) is 1. The van der Waals surface area contributed by atoms with Crippen LogP contribution in [-0.4, -0.2) is 25.2 Å². The summed E-state index contributed by atoms with van der Waals surface area (Å²) in [5, 5.41) is 3.84. The van der Waals surface area contributed by atoms with E-state index >= 15 is 0 Å². The molecule has 0 aliphatic heterocycles. The second kappa shape index (κ2) is 6.08. The van der Waals surface area contributed by atoms with E-state index in [9.17, 15) is 8.42 Å². The molecule has 1 aromatic carbocycles. The van der Waals surface area contributed by atoms with Gasteiger partial charge >= 0.3 is 0 Å². The van der Waals surface area contributed by atoms with E-state index in [0.717, 1.165) is 12.8 Å². The largest absolute Gasteiger partial charge is 0.494 e. The molecule has 2 aromatic rings. The number of rotatable bonds is 7. The lowest BCUT2D eigenvalue weighted by molar-refractivity contribution is 0.337. The van der Waals surface area contributed by atoms with Crippen LogP contribution in [0.1, 0.15) is 43.0 Å². The average molecular weight is 322 g/mol. The Morgan fingerprint density at radius 1 is 1.27 bits per heavy atom. The van der Waals surface area contributed by atoms with Crippen LogP contribution in [0.15, 0.2) is 28.8 Å². The van der Waals surface area contributed by atoms with Crippen molar-refractivity contribution in [3.63, 3.8) is 0 Å². The van der Waals surface area contributed by atoms with Gasteiger partial charge < -0.3 is 9.26 Å². The molecule has 0 N–H and O–H groups in total. The zero-order valence-corrected chi connectivity index (χ0v) is 13.2. The van der Waals surface area contributed by atoms with Crippen molar-refractivity contribution in [1.29, 1.82) is 0 Å². The minimum atomic E-state index is -3.40. The maximum Gasteiger partial charge on any atom is 0.241 e. The van der Waals surface area contributed by atoms with E-state index in [4.69, 9.17) is 9.26 Å². The fourth-order valence-corrected chi connectivity index (χ4v) is 3.54. The van der Waals surface area contributed by atoms with Gasteiger partial charge in [0.25, 0.3) is 0 Å². The van der Waals surface area contributed by atoms with Gasteiger partial charge in [0.05, 0.1) is 12.4 Å². The summed E-state index contributed by atoms with van der Waals surface area (Å²) < 4.78 is 35.2. The van der Waals surface area contributed by atoms with Crippen LogP contribution in [0.3, 0.4) is 0 Å². The van der Waals surface area contributed by atoms with Gasteiger partial charge in [0.1, 0.15) is 11.5 Å². The Morgan fingerprint density at radius 2 is 2.05 bits per heavy atom. The minimum Gasteiger partial charge on any atom is -0.494 e. The van der Waals surface area contributed by atoms with Crippen LogP contribution in [0.25, 0.3) is 0 Å². The van der Waals surface area contributed by atoms with Gasteiger partial charge in [0.2, 0.25) is 5.89 Å². The molecular weight excluding hydrogens is 304 g/mol. The average Bonchev–Trinajstić information content (AvgIpc) is 3.22. The fourth-order valence-electron chi connectivity index (χ4n) is 2.23. The molecule has 1 saturated carbocycles. The molecule has 1 heterocycles. The Kier molecular flexibility index (Phi) is 4.15. The maximum absolute atomic E-state index is 12.3. The van der Waals surface area contributed by atoms with Crippen molar-refractivity contribution in [2.24, 2.45) is 0 Å². The number of nitrogens with zero attached hydrogens (tertiary/aromatic N) is 2. The fraction of sp³-hybridized carbons (Fsp3) is 0.467. The maximum atomic E-state index is 12.3. The van der Waals surface area contributed by atoms with Gasteiger partial charge in [-0.05, 0) is 25.8 Å². The van der Waals surface area contributed by atoms with Gasteiger partial charge in [0, 0.05) is 11.5 Å². The quantitative estimate of drug-likeness (QED) is 0.779. The lowest BCUT2D eigenvalue weighted by atomic mass is 10.2. The highest BCUT2D eigenvalue weighted by Gasteiger charge is 2.29. The molecule has 1 aromatic heterocycles. The first-order valence-corrected chi connectivity index (χ1v) is 9.13. The van der Waals surface area contributed by atoms with Crippen molar-refractivity contribution >= 4 is 9.84 Å². The predicted molar refractivity (Wildman–Crippen MR) is 80.2 cm³/mol. The van der Waals surface area contributed by atoms with Gasteiger partial charge in [-0.25, -0.2) is 8.42 Å². The SMILES string of the molecule is CCOc1ccccc1CS(=O)(=O)Cc1nc(C2CC2)no1. The zero-order chi connectivity index (χ0) is 15.6. The summed E-state index contributed by atoms with van der Waals surface area (Å²) in [6, 6.07) is 7.14. The van der Waals surface area contributed by atoms with Crippen molar-refractivity contribution in [2.75, 3.05) is 6.61 Å². The second-order valence-corrected chi connectivity index (χ2v) is 7.46.